The zero-order valence-corrected chi connectivity index (χ0v) is 10.4. The highest BCUT2D eigenvalue weighted by molar-refractivity contribution is 6.07. The lowest BCUT2D eigenvalue weighted by Gasteiger charge is -2.12. The van der Waals surface area contributed by atoms with Gasteiger partial charge in [0, 0.05) is 6.42 Å². The lowest BCUT2D eigenvalue weighted by molar-refractivity contribution is -0.148. The fraction of sp³-hybridized carbons (Fsp3) is 0.308. The number of amides is 2. The Balaban J connectivity index is 1.86. The normalized spacial score (nSPS) is 20.6. The molecule has 7 nitrogen and oxygen atoms in total. The molecule has 7 heteroatoms. The first-order chi connectivity index (χ1) is 9.56. The van der Waals surface area contributed by atoms with E-state index in [2.05, 4.69) is 0 Å². The summed E-state index contributed by atoms with van der Waals surface area (Å²) in [5.41, 5.74) is 0.625. The molecule has 1 atom stereocenters. The minimum Gasteiger partial charge on any atom is -0.480 e. The summed E-state index contributed by atoms with van der Waals surface area (Å²) in [6.07, 6.45) is -0.0221. The van der Waals surface area contributed by atoms with Crippen molar-refractivity contribution >= 4 is 17.8 Å². The summed E-state index contributed by atoms with van der Waals surface area (Å²) < 4.78 is 10.4. The first kappa shape index (κ1) is 12.5. The lowest BCUT2D eigenvalue weighted by atomic mass is 9.97. The Morgan fingerprint density at radius 3 is 2.80 bits per heavy atom. The van der Waals surface area contributed by atoms with Crippen molar-refractivity contribution in [3.8, 4) is 11.5 Å². The van der Waals surface area contributed by atoms with Crippen molar-refractivity contribution < 1.29 is 29.0 Å². The van der Waals surface area contributed by atoms with Crippen LogP contribution in [0.4, 0.5) is 0 Å². The van der Waals surface area contributed by atoms with Crippen LogP contribution in [0.3, 0.4) is 0 Å². The molecule has 20 heavy (non-hydrogen) atoms. The number of likely N-dealkylation sites (tertiary alicyclic amines) is 1. The summed E-state index contributed by atoms with van der Waals surface area (Å²) in [5, 5.41) is 8.71. The van der Waals surface area contributed by atoms with Crippen LogP contribution in [0.5, 0.6) is 11.5 Å². The molecule has 104 valence electrons. The van der Waals surface area contributed by atoms with E-state index in [0.29, 0.717) is 17.1 Å². The second kappa shape index (κ2) is 4.52. The molecule has 1 N–H and O–H groups in total. The van der Waals surface area contributed by atoms with Gasteiger partial charge in [-0.15, -0.1) is 0 Å². The van der Waals surface area contributed by atoms with E-state index in [1.165, 1.54) is 0 Å². The number of ether oxygens (including phenoxy) is 2. The number of carbonyl (C=O) groups excluding carboxylic acids is 2. The molecule has 0 bridgehead atoms. The summed E-state index contributed by atoms with van der Waals surface area (Å²) in [5.74, 6) is -1.71. The van der Waals surface area contributed by atoms with Gasteiger partial charge in [0.1, 0.15) is 6.54 Å². The van der Waals surface area contributed by atoms with E-state index in [1.807, 2.05) is 0 Å². The number of carbonyl (C=O) groups is 3. The van der Waals surface area contributed by atoms with Crippen LogP contribution in [0.2, 0.25) is 0 Å². The van der Waals surface area contributed by atoms with Gasteiger partial charge < -0.3 is 14.6 Å². The molecule has 2 aliphatic rings. The predicted octanol–water partition coefficient (Wildman–Crippen LogP) is 0.342. The number of imide groups is 1. The van der Waals surface area contributed by atoms with Crippen molar-refractivity contribution in [1.82, 2.24) is 4.90 Å². The van der Waals surface area contributed by atoms with Crippen molar-refractivity contribution in [2.45, 2.75) is 12.3 Å². The predicted molar refractivity (Wildman–Crippen MR) is 64.3 cm³/mol. The Morgan fingerprint density at radius 2 is 2.05 bits per heavy atom. The van der Waals surface area contributed by atoms with Crippen LogP contribution in [0, 0.1) is 0 Å². The number of nitrogens with zero attached hydrogens (tertiary/aromatic N) is 1. The van der Waals surface area contributed by atoms with E-state index < -0.39 is 30.2 Å². The Kier molecular flexibility index (Phi) is 2.81. The number of hydrogen-bond acceptors (Lipinski definition) is 5. The van der Waals surface area contributed by atoms with E-state index in [4.69, 9.17) is 14.6 Å². The molecular formula is C13H11NO6. The summed E-state index contributed by atoms with van der Waals surface area (Å²) >= 11 is 0. The average Bonchev–Trinajstić information content (AvgIpc) is 2.97. The number of benzene rings is 1. The standard InChI is InChI=1S/C13H11NO6/c15-11-4-8(13(18)14(11)5-12(16)17)7-1-2-9-10(3-7)20-6-19-9/h1-3,8H,4-6H2,(H,16,17). The van der Waals surface area contributed by atoms with Crippen molar-refractivity contribution in [1.29, 1.82) is 0 Å². The molecule has 1 saturated heterocycles. The van der Waals surface area contributed by atoms with Gasteiger partial charge in [0.25, 0.3) is 0 Å². The van der Waals surface area contributed by atoms with Gasteiger partial charge in [-0.3, -0.25) is 19.3 Å². The molecule has 1 unspecified atom stereocenters. The Bertz CT molecular complexity index is 611. The number of carboxylic acids is 1. The van der Waals surface area contributed by atoms with Gasteiger partial charge in [-0.05, 0) is 17.7 Å². The molecular weight excluding hydrogens is 266 g/mol. The maximum Gasteiger partial charge on any atom is 0.323 e. The third-order valence-corrected chi connectivity index (χ3v) is 3.34. The molecule has 1 fully saturated rings. The molecule has 0 aliphatic carbocycles. The molecule has 2 heterocycles. The maximum absolute atomic E-state index is 12.1. The van der Waals surface area contributed by atoms with E-state index in [0.717, 1.165) is 4.90 Å². The minimum absolute atomic E-state index is 0.0221. The Labute approximate surface area is 113 Å². The number of carboxylic acid groups (broad SMARTS) is 1. The molecule has 2 aliphatic heterocycles. The molecule has 0 radical (unpaired) electrons. The van der Waals surface area contributed by atoms with Crippen LogP contribution in [0.1, 0.15) is 17.9 Å². The smallest absolute Gasteiger partial charge is 0.323 e. The van der Waals surface area contributed by atoms with Crippen LogP contribution < -0.4 is 9.47 Å². The van der Waals surface area contributed by atoms with Gasteiger partial charge in [-0.25, -0.2) is 0 Å². The third kappa shape index (κ3) is 1.97. The highest BCUT2D eigenvalue weighted by Gasteiger charge is 2.40. The van der Waals surface area contributed by atoms with Gasteiger partial charge in [0.2, 0.25) is 18.6 Å². The molecule has 1 aromatic carbocycles. The van der Waals surface area contributed by atoms with E-state index in [9.17, 15) is 14.4 Å². The fourth-order valence-corrected chi connectivity index (χ4v) is 2.37. The third-order valence-electron chi connectivity index (χ3n) is 3.34. The quantitative estimate of drug-likeness (QED) is 0.801. The molecule has 0 saturated carbocycles. The van der Waals surface area contributed by atoms with Crippen molar-refractivity contribution in [3.63, 3.8) is 0 Å². The maximum atomic E-state index is 12.1. The second-order valence-electron chi connectivity index (χ2n) is 4.58. The second-order valence-corrected chi connectivity index (χ2v) is 4.58. The topological polar surface area (TPSA) is 93.1 Å². The average molecular weight is 277 g/mol. The minimum atomic E-state index is -1.21. The Morgan fingerprint density at radius 1 is 1.30 bits per heavy atom. The van der Waals surface area contributed by atoms with Crippen LogP contribution in [-0.2, 0) is 14.4 Å². The molecule has 2 amide bonds. The van der Waals surface area contributed by atoms with E-state index >= 15 is 0 Å². The van der Waals surface area contributed by atoms with Gasteiger partial charge in [0.15, 0.2) is 11.5 Å². The van der Waals surface area contributed by atoms with Crippen LogP contribution in [0.15, 0.2) is 18.2 Å². The van der Waals surface area contributed by atoms with Crippen LogP contribution in [0.25, 0.3) is 0 Å². The molecule has 0 spiro atoms. The fourth-order valence-electron chi connectivity index (χ4n) is 2.37. The van der Waals surface area contributed by atoms with Gasteiger partial charge in [-0.2, -0.15) is 0 Å². The van der Waals surface area contributed by atoms with Gasteiger partial charge in [0.05, 0.1) is 5.92 Å². The zero-order chi connectivity index (χ0) is 14.3. The zero-order valence-electron chi connectivity index (χ0n) is 10.4. The molecule has 1 aromatic rings. The summed E-state index contributed by atoms with van der Waals surface area (Å²) in [7, 11) is 0. The Hall–Kier alpha value is -2.57. The van der Waals surface area contributed by atoms with E-state index in [-0.39, 0.29) is 13.2 Å². The largest absolute Gasteiger partial charge is 0.480 e. The van der Waals surface area contributed by atoms with Crippen molar-refractivity contribution in [2.75, 3.05) is 13.3 Å². The van der Waals surface area contributed by atoms with E-state index in [1.54, 1.807) is 18.2 Å². The van der Waals surface area contributed by atoms with Gasteiger partial charge in [-0.1, -0.05) is 6.07 Å². The number of aliphatic carboxylic acids is 1. The highest BCUT2D eigenvalue weighted by Crippen LogP contribution is 2.37. The van der Waals surface area contributed by atoms with Gasteiger partial charge >= 0.3 is 5.97 Å². The van der Waals surface area contributed by atoms with Crippen molar-refractivity contribution in [2.24, 2.45) is 0 Å². The monoisotopic (exact) mass is 277 g/mol. The lowest BCUT2D eigenvalue weighted by Crippen LogP contribution is -2.35. The number of rotatable bonds is 3. The summed E-state index contributed by atoms with van der Waals surface area (Å²) in [6, 6.07) is 5.02. The SMILES string of the molecule is O=C(O)CN1C(=O)CC(c2ccc3c(c2)OCO3)C1=O. The van der Waals surface area contributed by atoms with Crippen LogP contribution in [-0.4, -0.2) is 41.1 Å². The first-order valence-corrected chi connectivity index (χ1v) is 6.02. The highest BCUT2D eigenvalue weighted by atomic mass is 16.7. The summed E-state index contributed by atoms with van der Waals surface area (Å²) in [4.78, 5) is 35.3. The molecule has 3 rings (SSSR count). The first-order valence-electron chi connectivity index (χ1n) is 6.02. The summed E-state index contributed by atoms with van der Waals surface area (Å²) in [6.45, 7) is -0.472. The van der Waals surface area contributed by atoms with Crippen LogP contribution >= 0.6 is 0 Å². The molecule has 0 aromatic heterocycles. The number of hydrogen-bond donors (Lipinski definition) is 1. The number of fused-ring (bicyclic) bond motifs is 1. The van der Waals surface area contributed by atoms with Crippen molar-refractivity contribution in [3.05, 3.63) is 23.8 Å².